The fourth-order valence-corrected chi connectivity index (χ4v) is 2.54. The molecular weight excluding hydrogens is 148 g/mol. The molecule has 0 radical (unpaired) electrons. The summed E-state index contributed by atoms with van der Waals surface area (Å²) >= 11 is 0. The molecule has 0 aliphatic heterocycles. The van der Waals surface area contributed by atoms with E-state index in [1.165, 1.54) is 0 Å². The van der Waals surface area contributed by atoms with E-state index in [4.69, 9.17) is 5.11 Å². The first kappa shape index (κ1) is 9.82. The maximum atomic E-state index is 10.5. The van der Waals surface area contributed by atoms with Crippen molar-refractivity contribution in [2.75, 3.05) is 11.5 Å². The van der Waals surface area contributed by atoms with Gasteiger partial charge in [-0.15, -0.1) is 0 Å². The summed E-state index contributed by atoms with van der Waals surface area (Å²) in [7, 11) is 0.0872. The third kappa shape index (κ3) is 2.60. The molecule has 0 saturated carbocycles. The van der Waals surface area contributed by atoms with E-state index in [1.807, 2.05) is 13.8 Å². The Morgan fingerprint density at radius 1 is 1.50 bits per heavy atom. The van der Waals surface area contributed by atoms with Crippen molar-refractivity contribution in [1.29, 1.82) is 0 Å². The summed E-state index contributed by atoms with van der Waals surface area (Å²) < 4.78 is 0. The van der Waals surface area contributed by atoms with Crippen molar-refractivity contribution in [3.63, 3.8) is 0 Å². The molecule has 3 heteroatoms. The maximum absolute atomic E-state index is 10.5. The van der Waals surface area contributed by atoms with Crippen LogP contribution in [0.2, 0.25) is 0 Å². The summed E-state index contributed by atoms with van der Waals surface area (Å²) in [5, 5.41) is 8.46. The van der Waals surface area contributed by atoms with Gasteiger partial charge in [0.25, 0.3) is 0 Å². The van der Waals surface area contributed by atoms with Gasteiger partial charge in [-0.05, 0) is 20.8 Å². The third-order valence-corrected chi connectivity index (χ3v) is 4.27. The van der Waals surface area contributed by atoms with Crippen molar-refractivity contribution >= 4 is 16.9 Å². The Morgan fingerprint density at radius 3 is 2.00 bits per heavy atom. The fraction of sp³-hybridized carbons (Fsp3) is 0.857. The average molecular weight is 163 g/mol. The Balaban J connectivity index is 3.88. The Hall–Kier alpha value is -0.180. The molecule has 0 heterocycles. The van der Waals surface area contributed by atoms with E-state index in [0.717, 1.165) is 11.5 Å². The van der Waals surface area contributed by atoms with Crippen LogP contribution in [0.25, 0.3) is 0 Å². The number of aliphatic carboxylic acids is 1. The van der Waals surface area contributed by atoms with Gasteiger partial charge in [0.05, 0.1) is 0 Å². The highest BCUT2D eigenvalue weighted by atomic mass is 32.2. The fourth-order valence-electron chi connectivity index (χ4n) is 0.847. The van der Waals surface area contributed by atoms with Crippen molar-refractivity contribution in [3.8, 4) is 0 Å². The number of carboxylic acid groups (broad SMARTS) is 1. The van der Waals surface area contributed by atoms with E-state index in [1.54, 1.807) is 6.92 Å². The Morgan fingerprint density at radius 2 is 1.90 bits per heavy atom. The first-order valence-electron chi connectivity index (χ1n) is 3.52. The molecule has 0 saturated heterocycles. The molecule has 10 heavy (non-hydrogen) atoms. The summed E-state index contributed by atoms with van der Waals surface area (Å²) in [5.41, 5.74) is 0. The minimum Gasteiger partial charge on any atom is -0.478 e. The Kier molecular flexibility index (Phi) is 4.52. The van der Waals surface area contributed by atoms with Crippen LogP contribution in [0.5, 0.6) is 0 Å². The van der Waals surface area contributed by atoms with Gasteiger partial charge in [0.1, 0.15) is 11.5 Å². The van der Waals surface area contributed by atoms with E-state index in [2.05, 4.69) is 0 Å². The van der Waals surface area contributed by atoms with Crippen LogP contribution >= 0.6 is 0 Å². The molecule has 0 aliphatic carbocycles. The summed E-state index contributed by atoms with van der Waals surface area (Å²) in [4.78, 5) is 10.5. The summed E-state index contributed by atoms with van der Waals surface area (Å²) in [6.45, 7) is 5.89. The topological polar surface area (TPSA) is 37.3 Å². The van der Waals surface area contributed by atoms with Crippen molar-refractivity contribution in [2.24, 2.45) is 0 Å². The maximum Gasteiger partial charge on any atom is 0.356 e. The largest absolute Gasteiger partial charge is 0.478 e. The smallest absolute Gasteiger partial charge is 0.356 e. The van der Waals surface area contributed by atoms with Gasteiger partial charge in [-0.3, -0.25) is 0 Å². The van der Waals surface area contributed by atoms with Gasteiger partial charge in [0.2, 0.25) is 5.25 Å². The molecule has 1 N–H and O–H groups in total. The molecule has 2 nitrogen and oxygen atoms in total. The zero-order valence-electron chi connectivity index (χ0n) is 6.76. The summed E-state index contributed by atoms with van der Waals surface area (Å²) in [5.74, 6) is 1.32. The average Bonchev–Trinajstić information content (AvgIpc) is 1.90. The molecule has 0 amide bonds. The lowest BCUT2D eigenvalue weighted by molar-refractivity contribution is -0.136. The van der Waals surface area contributed by atoms with Gasteiger partial charge < -0.3 is 5.11 Å². The van der Waals surface area contributed by atoms with E-state index < -0.39 is 5.97 Å². The predicted octanol–water partition coefficient (Wildman–Crippen LogP) is 1.12. The standard InChI is InChI=1S/C7H14O2S/c1-4-10(5-2)6(3)7(8)9/h6H,4-5H2,1-3H3/p+1. The van der Waals surface area contributed by atoms with E-state index >= 15 is 0 Å². The normalized spacial score (nSPS) is 13.6. The predicted molar refractivity (Wildman–Crippen MR) is 45.5 cm³/mol. The second-order valence-corrected chi connectivity index (χ2v) is 5.03. The molecule has 1 atom stereocenters. The van der Waals surface area contributed by atoms with Crippen molar-refractivity contribution in [3.05, 3.63) is 0 Å². The Bertz CT molecular complexity index is 110. The SMILES string of the molecule is CC[S+](CC)C(C)C(=O)O. The first-order chi connectivity index (χ1) is 4.63. The lowest BCUT2D eigenvalue weighted by Crippen LogP contribution is -2.30. The van der Waals surface area contributed by atoms with E-state index in [-0.39, 0.29) is 16.1 Å². The number of hydrogen-bond acceptors (Lipinski definition) is 1. The highest BCUT2D eigenvalue weighted by Gasteiger charge is 2.28. The zero-order chi connectivity index (χ0) is 8.15. The third-order valence-electron chi connectivity index (χ3n) is 1.59. The van der Waals surface area contributed by atoms with Gasteiger partial charge in [-0.25, -0.2) is 4.79 Å². The number of carboxylic acids is 1. The van der Waals surface area contributed by atoms with Crippen LogP contribution in [0.15, 0.2) is 0 Å². The molecule has 0 rings (SSSR count). The molecule has 0 aromatic heterocycles. The summed E-state index contributed by atoms with van der Waals surface area (Å²) in [6, 6.07) is 0. The molecule has 0 bridgehead atoms. The van der Waals surface area contributed by atoms with Gasteiger partial charge in [-0.2, -0.15) is 0 Å². The quantitative estimate of drug-likeness (QED) is 0.630. The number of hydrogen-bond donors (Lipinski definition) is 1. The highest BCUT2D eigenvalue weighted by molar-refractivity contribution is 7.98. The molecule has 1 unspecified atom stereocenters. The molecule has 0 aromatic carbocycles. The molecule has 0 fully saturated rings. The van der Waals surface area contributed by atoms with Gasteiger partial charge in [-0.1, -0.05) is 0 Å². The van der Waals surface area contributed by atoms with Crippen LogP contribution in [0.1, 0.15) is 20.8 Å². The minimum atomic E-state index is -0.660. The molecule has 0 aromatic rings. The van der Waals surface area contributed by atoms with Gasteiger partial charge in [0, 0.05) is 10.9 Å². The van der Waals surface area contributed by atoms with Crippen LogP contribution in [0, 0.1) is 0 Å². The lowest BCUT2D eigenvalue weighted by Gasteiger charge is -2.07. The Labute approximate surface area is 65.0 Å². The van der Waals surface area contributed by atoms with Crippen LogP contribution in [-0.2, 0) is 15.7 Å². The van der Waals surface area contributed by atoms with E-state index in [9.17, 15) is 4.79 Å². The molecule has 60 valence electrons. The van der Waals surface area contributed by atoms with Crippen LogP contribution < -0.4 is 0 Å². The second-order valence-electron chi connectivity index (χ2n) is 2.10. The lowest BCUT2D eigenvalue weighted by atomic mass is 10.5. The molecule has 0 spiro atoms. The van der Waals surface area contributed by atoms with E-state index in [0.29, 0.717) is 0 Å². The summed E-state index contributed by atoms with van der Waals surface area (Å²) in [6.07, 6.45) is 0. The van der Waals surface area contributed by atoms with Gasteiger partial charge >= 0.3 is 5.97 Å². The van der Waals surface area contributed by atoms with Crippen molar-refractivity contribution in [2.45, 2.75) is 26.0 Å². The van der Waals surface area contributed by atoms with Crippen LogP contribution in [0.3, 0.4) is 0 Å². The highest BCUT2D eigenvalue weighted by Crippen LogP contribution is 2.05. The number of rotatable bonds is 4. The number of carbonyl (C=O) groups is 1. The second kappa shape index (κ2) is 4.61. The van der Waals surface area contributed by atoms with Crippen molar-refractivity contribution in [1.82, 2.24) is 0 Å². The zero-order valence-corrected chi connectivity index (χ0v) is 7.57. The molecule has 0 aliphatic rings. The van der Waals surface area contributed by atoms with Crippen LogP contribution in [0.4, 0.5) is 0 Å². The minimum absolute atomic E-state index is 0.0872. The van der Waals surface area contributed by atoms with Crippen molar-refractivity contribution < 1.29 is 9.90 Å². The van der Waals surface area contributed by atoms with Crippen LogP contribution in [-0.4, -0.2) is 27.8 Å². The molecular formula is C7H15O2S+. The monoisotopic (exact) mass is 163 g/mol. The van der Waals surface area contributed by atoms with Gasteiger partial charge in [0.15, 0.2) is 0 Å². The first-order valence-corrected chi connectivity index (χ1v) is 5.15.